The molecule has 0 aliphatic rings. The summed E-state index contributed by atoms with van der Waals surface area (Å²) in [6.45, 7) is 0. The van der Waals surface area contributed by atoms with Crippen molar-refractivity contribution in [3.05, 3.63) is 224 Å². The molecular weight excluding hydrogens is 703 g/mol. The van der Waals surface area contributed by atoms with Gasteiger partial charge in [0.25, 0.3) is 0 Å². The SMILES string of the molecule is [2H]c1c([2H])c(N(c2c([2H])c([2H])c(-c3cccc(-c4cccc5ccccc45)c3)c([2H])c2[2H])c2cccc3oc4c5ccccc5ccc4c23)c([2H])c([2H])c1-c1ccc(-c2ccccc2)cc1. The molecule has 0 fully saturated rings. The van der Waals surface area contributed by atoms with Crippen LogP contribution in [0.1, 0.15) is 11.0 Å². The second-order valence-electron chi connectivity index (χ2n) is 14.2. The summed E-state index contributed by atoms with van der Waals surface area (Å²) in [5.41, 5.74) is 5.74. The van der Waals surface area contributed by atoms with Crippen molar-refractivity contribution in [3.63, 3.8) is 0 Å². The molecular formula is C56H37NO. The van der Waals surface area contributed by atoms with Gasteiger partial charge in [0.15, 0.2) is 0 Å². The van der Waals surface area contributed by atoms with Gasteiger partial charge in [0.2, 0.25) is 0 Å². The number of anilines is 3. The molecule has 58 heavy (non-hydrogen) atoms. The van der Waals surface area contributed by atoms with Gasteiger partial charge in [0.05, 0.1) is 22.0 Å². The smallest absolute Gasteiger partial charge is 0.143 e. The topological polar surface area (TPSA) is 16.4 Å². The molecule has 2 nitrogen and oxygen atoms in total. The number of hydrogen-bond acceptors (Lipinski definition) is 2. The molecule has 1 heterocycles. The summed E-state index contributed by atoms with van der Waals surface area (Å²) >= 11 is 0. The van der Waals surface area contributed by atoms with Crippen LogP contribution >= 0.6 is 0 Å². The molecule has 0 aliphatic heterocycles. The van der Waals surface area contributed by atoms with Gasteiger partial charge < -0.3 is 9.32 Å². The molecule has 0 saturated heterocycles. The zero-order valence-electron chi connectivity index (χ0n) is 39.1. The highest BCUT2D eigenvalue weighted by atomic mass is 16.3. The van der Waals surface area contributed by atoms with Gasteiger partial charge in [0.1, 0.15) is 11.2 Å². The first-order chi connectivity index (χ1) is 32.1. The highest BCUT2D eigenvalue weighted by Crippen LogP contribution is 2.45. The van der Waals surface area contributed by atoms with Gasteiger partial charge in [-0.2, -0.15) is 0 Å². The van der Waals surface area contributed by atoms with E-state index in [0.29, 0.717) is 38.8 Å². The second kappa shape index (κ2) is 14.1. The lowest BCUT2D eigenvalue weighted by atomic mass is 9.95. The van der Waals surface area contributed by atoms with E-state index >= 15 is 0 Å². The minimum Gasteiger partial charge on any atom is -0.455 e. The molecule has 0 aliphatic carbocycles. The van der Waals surface area contributed by atoms with Crippen LogP contribution in [0.4, 0.5) is 17.1 Å². The Morgan fingerprint density at radius 2 is 0.897 bits per heavy atom. The molecule has 10 aromatic carbocycles. The van der Waals surface area contributed by atoms with E-state index in [2.05, 4.69) is 0 Å². The first-order valence-electron chi connectivity index (χ1n) is 23.2. The van der Waals surface area contributed by atoms with Crippen molar-refractivity contribution < 1.29 is 15.4 Å². The summed E-state index contributed by atoms with van der Waals surface area (Å²) in [6, 6.07) is 52.6. The summed E-state index contributed by atoms with van der Waals surface area (Å²) in [7, 11) is 0. The van der Waals surface area contributed by atoms with Gasteiger partial charge in [0, 0.05) is 22.1 Å². The minimum atomic E-state index is -0.422. The first kappa shape index (κ1) is 26.2. The second-order valence-corrected chi connectivity index (χ2v) is 14.2. The van der Waals surface area contributed by atoms with Crippen LogP contribution in [0.2, 0.25) is 0 Å². The lowest BCUT2D eigenvalue weighted by Gasteiger charge is -2.26. The average Bonchev–Trinajstić information content (AvgIpc) is 3.75. The maximum Gasteiger partial charge on any atom is 0.143 e. The number of rotatable bonds is 7. The summed E-state index contributed by atoms with van der Waals surface area (Å²) < 4.78 is 83.6. The van der Waals surface area contributed by atoms with Crippen LogP contribution in [-0.2, 0) is 0 Å². The van der Waals surface area contributed by atoms with Crippen molar-refractivity contribution in [1.29, 1.82) is 0 Å². The largest absolute Gasteiger partial charge is 0.455 e. The van der Waals surface area contributed by atoms with E-state index in [4.69, 9.17) is 4.42 Å². The molecule has 11 aromatic rings. The zero-order chi connectivity index (χ0) is 45.4. The number of nitrogens with zero attached hydrogens (tertiary/aromatic N) is 1. The third kappa shape index (κ3) is 5.91. The molecule has 0 spiro atoms. The number of hydrogen-bond donors (Lipinski definition) is 0. The maximum atomic E-state index is 9.76. The molecule has 272 valence electrons. The molecule has 0 saturated carbocycles. The van der Waals surface area contributed by atoms with Crippen molar-refractivity contribution in [2.24, 2.45) is 0 Å². The monoisotopic (exact) mass is 747 g/mol. The van der Waals surface area contributed by atoms with Gasteiger partial charge in [-0.05, 0) is 109 Å². The van der Waals surface area contributed by atoms with Crippen LogP contribution in [0.5, 0.6) is 0 Å². The number of furan rings is 1. The van der Waals surface area contributed by atoms with Gasteiger partial charge in [-0.1, -0.05) is 176 Å². The zero-order valence-corrected chi connectivity index (χ0v) is 31.1. The predicted molar refractivity (Wildman–Crippen MR) is 245 cm³/mol. The van der Waals surface area contributed by atoms with Crippen molar-refractivity contribution in [2.45, 2.75) is 0 Å². The third-order valence-corrected chi connectivity index (χ3v) is 10.8. The molecule has 0 radical (unpaired) electrons. The van der Waals surface area contributed by atoms with E-state index in [1.165, 1.54) is 4.90 Å². The number of fused-ring (bicyclic) bond motifs is 6. The van der Waals surface area contributed by atoms with Crippen molar-refractivity contribution in [1.82, 2.24) is 0 Å². The van der Waals surface area contributed by atoms with Crippen LogP contribution in [0.25, 0.3) is 88.0 Å². The molecule has 0 atom stereocenters. The van der Waals surface area contributed by atoms with E-state index in [9.17, 15) is 11.0 Å². The van der Waals surface area contributed by atoms with E-state index in [0.717, 1.165) is 43.8 Å². The standard InChI is InChI=1S/C56H37NO/c1-2-11-38(12-3-1)39-23-25-40(26-24-39)41-27-32-47(33-28-41)57(53-21-10-22-54-55(53)52-36-31-44-14-5-7-19-51(44)56(52)58-54)48-34-29-42(30-35-48)45-16-8-17-46(37-45)50-20-9-15-43-13-4-6-18-49(43)50/h1-37H/i27D,28D,29D,30D,32D,33D,34D,35D. The van der Waals surface area contributed by atoms with Crippen molar-refractivity contribution >= 4 is 60.5 Å². The highest BCUT2D eigenvalue weighted by molar-refractivity contribution is 6.19. The lowest BCUT2D eigenvalue weighted by Crippen LogP contribution is -2.10. The summed E-state index contributed by atoms with van der Waals surface area (Å²) in [5.74, 6) is 0. The fourth-order valence-corrected chi connectivity index (χ4v) is 7.98. The molecule has 11 rings (SSSR count). The Bertz CT molecular complexity index is 3690. The van der Waals surface area contributed by atoms with Crippen LogP contribution in [0.3, 0.4) is 0 Å². The molecule has 1 aromatic heterocycles. The van der Waals surface area contributed by atoms with Crippen molar-refractivity contribution in [2.75, 3.05) is 4.90 Å². The Hall–Kier alpha value is -7.68. The average molecular weight is 748 g/mol. The fourth-order valence-electron chi connectivity index (χ4n) is 7.98. The Morgan fingerprint density at radius 3 is 1.64 bits per heavy atom. The summed E-state index contributed by atoms with van der Waals surface area (Å²) in [6.07, 6.45) is 0. The summed E-state index contributed by atoms with van der Waals surface area (Å²) in [5, 5.41) is 5.13. The van der Waals surface area contributed by atoms with Crippen molar-refractivity contribution in [3.8, 4) is 44.5 Å². The lowest BCUT2D eigenvalue weighted by molar-refractivity contribution is 0.672. The quantitative estimate of drug-likeness (QED) is 0.161. The minimum absolute atomic E-state index is 0.0862. The van der Waals surface area contributed by atoms with E-state index in [-0.39, 0.29) is 46.7 Å². The normalized spacial score (nSPS) is 13.4. The van der Waals surface area contributed by atoms with Crippen LogP contribution in [-0.4, -0.2) is 0 Å². The van der Waals surface area contributed by atoms with Crippen LogP contribution < -0.4 is 4.90 Å². The van der Waals surface area contributed by atoms with Gasteiger partial charge >= 0.3 is 0 Å². The van der Waals surface area contributed by atoms with E-state index in [1.54, 1.807) is 36.4 Å². The Kier molecular flexibility index (Phi) is 6.38. The molecule has 0 N–H and O–H groups in total. The van der Waals surface area contributed by atoms with Gasteiger partial charge in [-0.3, -0.25) is 0 Å². The van der Waals surface area contributed by atoms with Gasteiger partial charge in [-0.15, -0.1) is 0 Å². The summed E-state index contributed by atoms with van der Waals surface area (Å²) in [4.78, 5) is 1.37. The van der Waals surface area contributed by atoms with Crippen LogP contribution in [0, 0.1) is 0 Å². The molecule has 0 amide bonds. The highest BCUT2D eigenvalue weighted by Gasteiger charge is 2.21. The Balaban J connectivity index is 1.15. The van der Waals surface area contributed by atoms with E-state index in [1.807, 2.05) is 140 Å². The third-order valence-electron chi connectivity index (χ3n) is 10.8. The molecule has 0 bridgehead atoms. The maximum absolute atomic E-state index is 9.76. The van der Waals surface area contributed by atoms with Gasteiger partial charge in [-0.25, -0.2) is 0 Å². The number of benzene rings is 10. The fraction of sp³-hybridized carbons (Fsp3) is 0. The molecule has 0 unspecified atom stereocenters. The van der Waals surface area contributed by atoms with E-state index < -0.39 is 24.2 Å². The van der Waals surface area contributed by atoms with Crippen LogP contribution in [0.15, 0.2) is 229 Å². The molecule has 2 heteroatoms. The first-order valence-corrected chi connectivity index (χ1v) is 19.2. The Labute approximate surface area is 348 Å². The Morgan fingerprint density at radius 1 is 0.362 bits per heavy atom. The predicted octanol–water partition coefficient (Wildman–Crippen LogP) is 16.0.